The molecule has 1 atom stereocenters. The normalized spacial score (nSPS) is 15.1. The fraction of sp³-hybridized carbons (Fsp3) is 0.414. The molecule has 1 aliphatic heterocycles. The topological polar surface area (TPSA) is 62.3 Å². The number of rotatable bonds is 7. The van der Waals surface area contributed by atoms with E-state index in [-0.39, 0.29) is 23.7 Å². The molecule has 0 aliphatic carbocycles. The van der Waals surface area contributed by atoms with E-state index in [1.165, 1.54) is 22.5 Å². The first kappa shape index (κ1) is 25.1. The van der Waals surface area contributed by atoms with Gasteiger partial charge in [-0.05, 0) is 50.2 Å². The molecule has 1 fully saturated rings. The summed E-state index contributed by atoms with van der Waals surface area (Å²) in [6.45, 7) is 10.0. The lowest BCUT2D eigenvalue weighted by molar-refractivity contribution is -0.126. The van der Waals surface area contributed by atoms with E-state index in [0.29, 0.717) is 19.6 Å². The van der Waals surface area contributed by atoms with Crippen LogP contribution in [0.15, 0.2) is 48.5 Å². The number of hydrogen-bond acceptors (Lipinski definition) is 4. The molecule has 3 aromatic rings. The van der Waals surface area contributed by atoms with Gasteiger partial charge in [-0.3, -0.25) is 9.59 Å². The summed E-state index contributed by atoms with van der Waals surface area (Å²) in [5.41, 5.74) is 5.46. The van der Waals surface area contributed by atoms with Gasteiger partial charge in [0.15, 0.2) is 0 Å². The lowest BCUT2D eigenvalue weighted by atomic mass is 9.84. The van der Waals surface area contributed by atoms with Gasteiger partial charge in [0.25, 0.3) is 5.91 Å². The van der Waals surface area contributed by atoms with Gasteiger partial charge in [0, 0.05) is 31.1 Å². The molecule has 1 saturated heterocycles. The first-order chi connectivity index (χ1) is 16.9. The Morgan fingerprint density at radius 3 is 2.29 bits per heavy atom. The van der Waals surface area contributed by atoms with Crippen molar-refractivity contribution in [1.82, 2.24) is 15.2 Å². The van der Waals surface area contributed by atoms with Crippen molar-refractivity contribution in [2.45, 2.75) is 53.5 Å². The van der Waals surface area contributed by atoms with Gasteiger partial charge in [0.05, 0.1) is 5.69 Å². The van der Waals surface area contributed by atoms with E-state index < -0.39 is 0 Å². The first-order valence-electron chi connectivity index (χ1n) is 12.5. The van der Waals surface area contributed by atoms with Gasteiger partial charge in [0.2, 0.25) is 5.91 Å². The van der Waals surface area contributed by atoms with E-state index in [1.54, 1.807) is 0 Å². The molecule has 6 heteroatoms. The molecule has 0 bridgehead atoms. The Bertz CT molecular complexity index is 1160. The predicted octanol–water partition coefficient (Wildman–Crippen LogP) is 5.79. The highest BCUT2D eigenvalue weighted by Gasteiger charge is 2.31. The highest BCUT2D eigenvalue weighted by Crippen LogP contribution is 2.31. The quantitative estimate of drug-likeness (QED) is 0.457. The molecule has 2 aromatic carbocycles. The van der Waals surface area contributed by atoms with Crippen molar-refractivity contribution in [3.63, 3.8) is 0 Å². The van der Waals surface area contributed by atoms with E-state index in [9.17, 15) is 9.59 Å². The van der Waals surface area contributed by atoms with Crippen LogP contribution in [0.4, 0.5) is 0 Å². The minimum atomic E-state index is -0.0690. The lowest BCUT2D eigenvalue weighted by Gasteiger charge is -2.34. The third kappa shape index (κ3) is 5.99. The number of hydrogen-bond donors (Lipinski definition) is 1. The number of amides is 2. The van der Waals surface area contributed by atoms with Crippen molar-refractivity contribution >= 4 is 23.2 Å². The highest BCUT2D eigenvalue weighted by atomic mass is 32.1. The summed E-state index contributed by atoms with van der Waals surface area (Å²) >= 11 is 1.47. The van der Waals surface area contributed by atoms with Crippen LogP contribution in [0.5, 0.6) is 0 Å². The van der Waals surface area contributed by atoms with Gasteiger partial charge in [0.1, 0.15) is 9.88 Å². The van der Waals surface area contributed by atoms with Crippen LogP contribution < -0.4 is 5.32 Å². The monoisotopic (exact) mass is 489 g/mol. The number of carbonyl (C=O) groups is 2. The average molecular weight is 490 g/mol. The molecule has 184 valence electrons. The number of aryl methyl sites for hydroxylation is 3. The second-order valence-corrected chi connectivity index (χ2v) is 10.6. The van der Waals surface area contributed by atoms with Gasteiger partial charge in [-0.1, -0.05) is 67.9 Å². The summed E-state index contributed by atoms with van der Waals surface area (Å²) < 4.78 is 0. The van der Waals surface area contributed by atoms with Gasteiger partial charge < -0.3 is 10.2 Å². The van der Waals surface area contributed by atoms with Gasteiger partial charge in [-0.25, -0.2) is 4.98 Å². The maximum atomic E-state index is 13.3. The molecule has 0 spiro atoms. The molecule has 2 heterocycles. The summed E-state index contributed by atoms with van der Waals surface area (Å²) in [6, 6.07) is 16.6. The largest absolute Gasteiger partial charge is 0.352 e. The van der Waals surface area contributed by atoms with Crippen LogP contribution in [0, 0.1) is 25.7 Å². The summed E-state index contributed by atoms with van der Waals surface area (Å²) in [5, 5.41) is 3.98. The fourth-order valence-electron chi connectivity index (χ4n) is 4.62. The van der Waals surface area contributed by atoms with Crippen molar-refractivity contribution in [2.24, 2.45) is 11.8 Å². The molecular weight excluding hydrogens is 454 g/mol. The molecule has 35 heavy (non-hydrogen) atoms. The minimum Gasteiger partial charge on any atom is -0.352 e. The first-order valence-corrected chi connectivity index (χ1v) is 13.4. The van der Waals surface area contributed by atoms with Crippen LogP contribution in [0.3, 0.4) is 0 Å². The number of carbonyl (C=O) groups excluding carboxylic acids is 2. The Kier molecular flexibility index (Phi) is 8.01. The van der Waals surface area contributed by atoms with Crippen LogP contribution in [-0.2, 0) is 17.8 Å². The average Bonchev–Trinajstić information content (AvgIpc) is 3.28. The van der Waals surface area contributed by atoms with Crippen LogP contribution >= 0.6 is 11.3 Å². The number of benzene rings is 2. The van der Waals surface area contributed by atoms with E-state index in [4.69, 9.17) is 0 Å². The highest BCUT2D eigenvalue weighted by molar-refractivity contribution is 7.17. The van der Waals surface area contributed by atoms with Gasteiger partial charge in [-0.15, -0.1) is 11.3 Å². The summed E-state index contributed by atoms with van der Waals surface area (Å²) in [7, 11) is 0. The predicted molar refractivity (Wildman–Crippen MR) is 142 cm³/mol. The van der Waals surface area contributed by atoms with E-state index in [0.717, 1.165) is 46.0 Å². The number of likely N-dealkylation sites (tertiary alicyclic amines) is 1. The van der Waals surface area contributed by atoms with Crippen molar-refractivity contribution < 1.29 is 9.59 Å². The zero-order valence-corrected chi connectivity index (χ0v) is 22.0. The zero-order chi connectivity index (χ0) is 24.9. The molecule has 5 nitrogen and oxygen atoms in total. The Labute approximate surface area is 212 Å². The number of thiazole rings is 1. The molecule has 0 saturated carbocycles. The summed E-state index contributed by atoms with van der Waals surface area (Å²) in [4.78, 5) is 33.3. The van der Waals surface area contributed by atoms with E-state index >= 15 is 0 Å². The summed E-state index contributed by atoms with van der Waals surface area (Å²) in [5.74, 6) is 0.368. The van der Waals surface area contributed by atoms with E-state index in [1.807, 2.05) is 18.7 Å². The van der Waals surface area contributed by atoms with Crippen molar-refractivity contribution in [3.8, 4) is 10.6 Å². The number of aromatic nitrogens is 1. The number of nitrogens with zero attached hydrogens (tertiary/aromatic N) is 2. The maximum absolute atomic E-state index is 13.3. The van der Waals surface area contributed by atoms with Crippen molar-refractivity contribution in [2.75, 3.05) is 13.1 Å². The number of piperidine rings is 1. The second kappa shape index (κ2) is 11.2. The van der Waals surface area contributed by atoms with Crippen molar-refractivity contribution in [3.05, 3.63) is 75.8 Å². The van der Waals surface area contributed by atoms with Crippen molar-refractivity contribution in [1.29, 1.82) is 0 Å². The maximum Gasteiger partial charge on any atom is 0.265 e. The molecule has 4 rings (SSSR count). The molecule has 1 aliphatic rings. The fourth-order valence-corrected chi connectivity index (χ4v) is 5.66. The van der Waals surface area contributed by atoms with Crippen LogP contribution in [0.25, 0.3) is 10.6 Å². The number of nitrogens with one attached hydrogen (secondary N) is 1. The van der Waals surface area contributed by atoms with E-state index in [2.05, 4.69) is 72.7 Å². The molecule has 1 aromatic heterocycles. The Hall–Kier alpha value is -2.99. The molecule has 1 N–H and O–H groups in total. The second-order valence-electron chi connectivity index (χ2n) is 9.61. The molecule has 2 amide bonds. The lowest BCUT2D eigenvalue weighted by Crippen LogP contribution is -2.42. The Morgan fingerprint density at radius 2 is 1.66 bits per heavy atom. The van der Waals surface area contributed by atoms with Gasteiger partial charge >= 0.3 is 0 Å². The smallest absolute Gasteiger partial charge is 0.265 e. The molecule has 0 radical (unpaired) electrons. The van der Waals surface area contributed by atoms with Crippen LogP contribution in [0.1, 0.15) is 58.7 Å². The third-order valence-corrected chi connectivity index (χ3v) is 8.33. The Balaban J connectivity index is 1.30. The standard InChI is InChI=1S/C29H35N3O2S/c1-5-22-8-10-23(11-9-22)18-30-27(33)20(3)24-14-16-32(17-15-24)29(34)26-21(4)31-28(35-26)25-12-6-19(2)7-13-25/h6-13,20,24H,5,14-18H2,1-4H3,(H,30,33)/t20-/m1/s1. The zero-order valence-electron chi connectivity index (χ0n) is 21.1. The summed E-state index contributed by atoms with van der Waals surface area (Å²) in [6.07, 6.45) is 2.70. The van der Waals surface area contributed by atoms with Gasteiger partial charge in [-0.2, -0.15) is 0 Å². The minimum absolute atomic E-state index is 0.0597. The molecule has 0 unspecified atom stereocenters. The third-order valence-electron chi connectivity index (χ3n) is 7.13. The SMILES string of the molecule is CCc1ccc(CNC(=O)[C@H](C)C2CCN(C(=O)c3sc(-c4ccc(C)cc4)nc3C)CC2)cc1. The van der Waals surface area contributed by atoms with Crippen LogP contribution in [0.2, 0.25) is 0 Å². The van der Waals surface area contributed by atoms with Crippen LogP contribution in [-0.4, -0.2) is 34.8 Å². The Morgan fingerprint density at radius 1 is 1.03 bits per heavy atom. The molecular formula is C29H35N3O2S.